The number of rotatable bonds is 6. The van der Waals surface area contributed by atoms with Crippen LogP contribution in [0.3, 0.4) is 0 Å². The Bertz CT molecular complexity index is 1210. The number of anilines is 1. The first-order valence-corrected chi connectivity index (χ1v) is 10.7. The summed E-state index contributed by atoms with van der Waals surface area (Å²) in [5, 5.41) is 0.513. The molecule has 1 atom stereocenters. The lowest BCUT2D eigenvalue weighted by molar-refractivity contribution is -0.127. The van der Waals surface area contributed by atoms with Crippen LogP contribution < -0.4 is 14.4 Å². The zero-order chi connectivity index (χ0) is 21.2. The Morgan fingerprint density at radius 1 is 1.26 bits per heavy atom. The molecule has 0 bridgehead atoms. The number of benzene rings is 2. The maximum Gasteiger partial charge on any atom is 0.273 e. The molecule has 0 saturated carbocycles. The van der Waals surface area contributed by atoms with Gasteiger partial charge in [-0.2, -0.15) is 0 Å². The van der Waals surface area contributed by atoms with E-state index in [1.54, 1.807) is 35.6 Å². The quantitative estimate of drug-likeness (QED) is 0.457. The highest BCUT2D eigenvalue weighted by molar-refractivity contribution is 7.22. The fraction of sp³-hybridized carbons (Fsp3) is 0.227. The Labute approximate surface area is 181 Å². The zero-order valence-electron chi connectivity index (χ0n) is 16.5. The van der Waals surface area contributed by atoms with Crippen molar-refractivity contribution >= 4 is 32.6 Å². The summed E-state index contributed by atoms with van der Waals surface area (Å²) in [5.74, 6) is 0.589. The summed E-state index contributed by atoms with van der Waals surface area (Å²) in [6, 6.07) is 11.7. The van der Waals surface area contributed by atoms with Crippen LogP contribution in [0.2, 0.25) is 0 Å². The van der Waals surface area contributed by atoms with Crippen LogP contribution in [0, 0.1) is 5.82 Å². The maximum atomic E-state index is 13.6. The Hall–Kier alpha value is -3.46. The van der Waals surface area contributed by atoms with Gasteiger partial charge in [0.1, 0.15) is 12.4 Å². The smallest absolute Gasteiger partial charge is 0.273 e. The van der Waals surface area contributed by atoms with Crippen LogP contribution in [0.25, 0.3) is 10.2 Å². The lowest BCUT2D eigenvalue weighted by Crippen LogP contribution is -2.47. The van der Waals surface area contributed by atoms with Gasteiger partial charge in [-0.15, -0.1) is 0 Å². The van der Waals surface area contributed by atoms with Crippen LogP contribution in [0.1, 0.15) is 6.42 Å². The highest BCUT2D eigenvalue weighted by atomic mass is 32.1. The van der Waals surface area contributed by atoms with Crippen molar-refractivity contribution in [1.29, 1.82) is 0 Å². The van der Waals surface area contributed by atoms with Gasteiger partial charge in [0.2, 0.25) is 6.10 Å². The molecule has 9 heteroatoms. The summed E-state index contributed by atoms with van der Waals surface area (Å²) in [4.78, 5) is 23.7. The summed E-state index contributed by atoms with van der Waals surface area (Å²) in [6.45, 7) is 1.25. The Kier molecular flexibility index (Phi) is 5.25. The van der Waals surface area contributed by atoms with E-state index in [-0.39, 0.29) is 18.3 Å². The molecule has 7 nitrogen and oxygen atoms in total. The molecule has 0 radical (unpaired) electrons. The van der Waals surface area contributed by atoms with Gasteiger partial charge >= 0.3 is 0 Å². The van der Waals surface area contributed by atoms with Gasteiger partial charge in [0, 0.05) is 25.5 Å². The van der Waals surface area contributed by atoms with Crippen molar-refractivity contribution in [3.8, 4) is 11.5 Å². The fourth-order valence-electron chi connectivity index (χ4n) is 3.45. The Morgan fingerprint density at radius 3 is 2.97 bits per heavy atom. The van der Waals surface area contributed by atoms with Crippen molar-refractivity contribution in [3.05, 3.63) is 67.0 Å². The molecule has 0 spiro atoms. The molecule has 0 N–H and O–H groups in total. The Morgan fingerprint density at radius 2 is 2.13 bits per heavy atom. The highest BCUT2D eigenvalue weighted by Crippen LogP contribution is 2.33. The second kappa shape index (κ2) is 8.35. The number of aryl methyl sites for hydroxylation is 1. The standard InChI is InChI=1S/C22H19FN4O3S/c23-15-6-7-16-20(12-15)31-22(25-16)27(10-3-9-26-11-8-24-14-26)21(28)19-13-29-17-4-1-2-5-18(17)30-19/h1-2,4-8,11-12,14,19H,3,9-10,13H2/t19-/m0/s1. The molecule has 158 valence electrons. The minimum Gasteiger partial charge on any atom is -0.485 e. The van der Waals surface area contributed by atoms with Crippen molar-refractivity contribution in [2.45, 2.75) is 19.1 Å². The first kappa shape index (κ1) is 19.5. The molecule has 1 amide bonds. The van der Waals surface area contributed by atoms with Crippen LogP contribution in [0.4, 0.5) is 9.52 Å². The highest BCUT2D eigenvalue weighted by Gasteiger charge is 2.33. The molecule has 4 aromatic rings. The largest absolute Gasteiger partial charge is 0.485 e. The Balaban J connectivity index is 1.40. The molecule has 3 heterocycles. The number of para-hydroxylation sites is 2. The average Bonchev–Trinajstić information content (AvgIpc) is 3.45. The predicted octanol–water partition coefficient (Wildman–Crippen LogP) is 3.90. The van der Waals surface area contributed by atoms with E-state index >= 15 is 0 Å². The lowest BCUT2D eigenvalue weighted by atomic mass is 10.2. The number of amides is 1. The number of carbonyl (C=O) groups is 1. The number of thiazole rings is 1. The van der Waals surface area contributed by atoms with Crippen molar-refractivity contribution in [3.63, 3.8) is 0 Å². The van der Waals surface area contributed by atoms with Gasteiger partial charge in [-0.25, -0.2) is 14.4 Å². The molecule has 5 rings (SSSR count). The van der Waals surface area contributed by atoms with Crippen molar-refractivity contribution in [2.75, 3.05) is 18.1 Å². The molecule has 31 heavy (non-hydrogen) atoms. The number of fused-ring (bicyclic) bond motifs is 2. The molecule has 2 aromatic carbocycles. The van der Waals surface area contributed by atoms with Gasteiger partial charge in [0.15, 0.2) is 16.6 Å². The van der Waals surface area contributed by atoms with Crippen molar-refractivity contribution < 1.29 is 18.7 Å². The third kappa shape index (κ3) is 4.09. The minimum atomic E-state index is -0.785. The summed E-state index contributed by atoms with van der Waals surface area (Å²) in [6.07, 6.45) is 5.24. The maximum absolute atomic E-state index is 13.6. The van der Waals surface area contributed by atoms with Gasteiger partial charge in [-0.1, -0.05) is 23.5 Å². The minimum absolute atomic E-state index is 0.118. The third-order valence-corrected chi connectivity index (χ3v) is 6.02. The SMILES string of the molecule is O=C([C@@H]1COc2ccccc2O1)N(CCCn1ccnc1)c1nc2ccc(F)cc2s1. The molecular formula is C22H19FN4O3S. The lowest BCUT2D eigenvalue weighted by Gasteiger charge is -2.29. The number of halogens is 1. The van der Waals surface area contributed by atoms with Crippen molar-refractivity contribution in [1.82, 2.24) is 14.5 Å². The van der Waals surface area contributed by atoms with E-state index in [0.717, 1.165) is 0 Å². The van der Waals surface area contributed by atoms with E-state index in [0.29, 0.717) is 46.4 Å². The van der Waals surface area contributed by atoms with Crippen LogP contribution in [-0.2, 0) is 11.3 Å². The number of ether oxygens (including phenoxy) is 2. The number of imidazole rings is 1. The van der Waals surface area contributed by atoms with Crippen molar-refractivity contribution in [2.24, 2.45) is 0 Å². The van der Waals surface area contributed by atoms with E-state index in [1.807, 2.05) is 22.9 Å². The first-order chi connectivity index (χ1) is 15.2. The fourth-order valence-corrected chi connectivity index (χ4v) is 4.47. The summed E-state index contributed by atoms with van der Waals surface area (Å²) >= 11 is 1.28. The predicted molar refractivity (Wildman–Crippen MR) is 115 cm³/mol. The van der Waals surface area contributed by atoms with Crippen LogP contribution >= 0.6 is 11.3 Å². The number of aromatic nitrogens is 3. The monoisotopic (exact) mass is 438 g/mol. The zero-order valence-corrected chi connectivity index (χ0v) is 17.3. The van der Waals surface area contributed by atoms with Gasteiger partial charge in [0.05, 0.1) is 16.5 Å². The number of nitrogens with zero attached hydrogens (tertiary/aromatic N) is 4. The molecule has 2 aromatic heterocycles. The third-order valence-electron chi connectivity index (χ3n) is 4.98. The number of hydrogen-bond acceptors (Lipinski definition) is 6. The molecule has 1 aliphatic heterocycles. The van der Waals surface area contributed by atoms with Gasteiger partial charge < -0.3 is 14.0 Å². The van der Waals surface area contributed by atoms with E-state index in [9.17, 15) is 9.18 Å². The molecule has 0 saturated heterocycles. The molecule has 0 unspecified atom stereocenters. The van der Waals surface area contributed by atoms with Crippen LogP contribution in [-0.4, -0.2) is 39.7 Å². The van der Waals surface area contributed by atoms with Gasteiger partial charge in [0.25, 0.3) is 5.91 Å². The van der Waals surface area contributed by atoms with E-state index in [1.165, 1.54) is 23.5 Å². The number of carbonyl (C=O) groups excluding carboxylic acids is 1. The molecular weight excluding hydrogens is 419 g/mol. The topological polar surface area (TPSA) is 69.5 Å². The second-order valence-corrected chi connectivity index (χ2v) is 8.13. The van der Waals surface area contributed by atoms with Crippen LogP contribution in [0.15, 0.2) is 61.2 Å². The van der Waals surface area contributed by atoms with Crippen LogP contribution in [0.5, 0.6) is 11.5 Å². The van der Waals surface area contributed by atoms with Gasteiger partial charge in [-0.05, 0) is 36.8 Å². The number of hydrogen-bond donors (Lipinski definition) is 0. The molecule has 0 aliphatic carbocycles. The van der Waals surface area contributed by atoms with E-state index < -0.39 is 6.10 Å². The second-order valence-electron chi connectivity index (χ2n) is 7.12. The van der Waals surface area contributed by atoms with Gasteiger partial charge in [-0.3, -0.25) is 9.69 Å². The van der Waals surface area contributed by atoms with E-state index in [2.05, 4.69) is 9.97 Å². The first-order valence-electron chi connectivity index (χ1n) is 9.89. The van der Waals surface area contributed by atoms with E-state index in [4.69, 9.17) is 9.47 Å². The normalized spacial score (nSPS) is 15.2. The summed E-state index contributed by atoms with van der Waals surface area (Å²) in [5.41, 5.74) is 0.653. The molecule has 1 aliphatic rings. The summed E-state index contributed by atoms with van der Waals surface area (Å²) < 4.78 is 27.9. The average molecular weight is 438 g/mol. The molecule has 0 fully saturated rings. The summed E-state index contributed by atoms with van der Waals surface area (Å²) in [7, 11) is 0.